The Morgan fingerprint density at radius 2 is 1.86 bits per heavy atom. The predicted molar refractivity (Wildman–Crippen MR) is 81.1 cm³/mol. The number of halogens is 1. The Kier molecular flexibility index (Phi) is 3.26. The van der Waals surface area contributed by atoms with E-state index in [4.69, 9.17) is 0 Å². The number of hydrogen-bond donors (Lipinski definition) is 1. The van der Waals surface area contributed by atoms with E-state index in [1.54, 1.807) is 30.0 Å². The van der Waals surface area contributed by atoms with Gasteiger partial charge in [0.15, 0.2) is 0 Å². The summed E-state index contributed by atoms with van der Waals surface area (Å²) in [4.78, 5) is 4.34. The Hall–Kier alpha value is -2.20. The van der Waals surface area contributed by atoms with Gasteiger partial charge in [-0.15, -0.1) is 0 Å². The Balaban J connectivity index is 2.19. The molecule has 0 aliphatic heterocycles. The summed E-state index contributed by atoms with van der Waals surface area (Å²) in [6.45, 7) is 5.68. The highest BCUT2D eigenvalue weighted by atomic mass is 19.1. The second-order valence-corrected chi connectivity index (χ2v) is 5.43. The minimum atomic E-state index is -0.682. The number of benzene rings is 2. The molecule has 0 aliphatic carbocycles. The first kappa shape index (κ1) is 13.8. The molecule has 0 spiro atoms. The molecule has 0 saturated heterocycles. The van der Waals surface area contributed by atoms with Crippen LogP contribution >= 0.6 is 0 Å². The number of fused-ring (bicyclic) bond motifs is 1. The van der Waals surface area contributed by atoms with E-state index in [1.807, 2.05) is 26.0 Å². The fraction of sp³-hybridized carbons (Fsp3) is 0.235. The SMILES string of the molecule is Cc1cc2ncn(-c3ccc(C(C)O)cc3F)c2cc1C. The van der Waals surface area contributed by atoms with Gasteiger partial charge in [0, 0.05) is 0 Å². The van der Waals surface area contributed by atoms with E-state index in [9.17, 15) is 9.50 Å². The maximum atomic E-state index is 14.3. The molecule has 108 valence electrons. The minimum Gasteiger partial charge on any atom is -0.389 e. The maximum absolute atomic E-state index is 14.3. The zero-order valence-electron chi connectivity index (χ0n) is 12.3. The third-order valence-corrected chi connectivity index (χ3v) is 3.88. The first-order chi connectivity index (χ1) is 9.97. The summed E-state index contributed by atoms with van der Waals surface area (Å²) >= 11 is 0. The van der Waals surface area contributed by atoms with Gasteiger partial charge in [-0.25, -0.2) is 9.37 Å². The number of hydrogen-bond acceptors (Lipinski definition) is 2. The van der Waals surface area contributed by atoms with E-state index in [0.717, 1.165) is 22.2 Å². The third-order valence-electron chi connectivity index (χ3n) is 3.88. The van der Waals surface area contributed by atoms with Crippen LogP contribution in [0, 0.1) is 19.7 Å². The molecule has 0 saturated carbocycles. The fourth-order valence-corrected chi connectivity index (χ4v) is 2.43. The van der Waals surface area contributed by atoms with E-state index in [1.165, 1.54) is 6.07 Å². The number of nitrogens with zero attached hydrogens (tertiary/aromatic N) is 2. The van der Waals surface area contributed by atoms with Crippen molar-refractivity contribution in [1.29, 1.82) is 0 Å². The van der Waals surface area contributed by atoms with Crippen molar-refractivity contribution < 1.29 is 9.50 Å². The molecule has 1 unspecified atom stereocenters. The molecule has 3 nitrogen and oxygen atoms in total. The van der Waals surface area contributed by atoms with Gasteiger partial charge in [-0.05, 0) is 61.7 Å². The molecule has 0 aliphatic rings. The fourth-order valence-electron chi connectivity index (χ4n) is 2.43. The van der Waals surface area contributed by atoms with E-state index in [2.05, 4.69) is 4.98 Å². The highest BCUT2D eigenvalue weighted by molar-refractivity contribution is 5.79. The van der Waals surface area contributed by atoms with Gasteiger partial charge in [-0.1, -0.05) is 6.07 Å². The summed E-state index contributed by atoms with van der Waals surface area (Å²) in [6, 6.07) is 8.79. The van der Waals surface area contributed by atoms with Gasteiger partial charge in [-0.3, -0.25) is 4.57 Å². The monoisotopic (exact) mass is 284 g/mol. The molecule has 1 heterocycles. The van der Waals surface area contributed by atoms with Gasteiger partial charge in [-0.2, -0.15) is 0 Å². The van der Waals surface area contributed by atoms with Crippen molar-refractivity contribution in [3.05, 3.63) is 59.2 Å². The average Bonchev–Trinajstić information content (AvgIpc) is 2.82. The van der Waals surface area contributed by atoms with Crippen LogP contribution in [0.4, 0.5) is 4.39 Å². The molecule has 0 amide bonds. The molecular weight excluding hydrogens is 267 g/mol. The van der Waals surface area contributed by atoms with Gasteiger partial charge in [0.2, 0.25) is 0 Å². The van der Waals surface area contributed by atoms with Gasteiger partial charge in [0.25, 0.3) is 0 Å². The molecule has 1 N–H and O–H groups in total. The van der Waals surface area contributed by atoms with E-state index >= 15 is 0 Å². The lowest BCUT2D eigenvalue weighted by molar-refractivity contribution is 0.199. The number of aliphatic hydroxyl groups excluding tert-OH is 1. The second-order valence-electron chi connectivity index (χ2n) is 5.43. The molecule has 3 rings (SSSR count). The Morgan fingerprint density at radius 1 is 1.14 bits per heavy atom. The molecule has 0 radical (unpaired) electrons. The summed E-state index contributed by atoms with van der Waals surface area (Å²) in [5.74, 6) is -0.370. The minimum absolute atomic E-state index is 0.370. The molecule has 4 heteroatoms. The number of rotatable bonds is 2. The summed E-state index contributed by atoms with van der Waals surface area (Å²) < 4.78 is 16.1. The molecule has 1 atom stereocenters. The van der Waals surface area contributed by atoms with Crippen LogP contribution in [0.2, 0.25) is 0 Å². The van der Waals surface area contributed by atoms with Crippen LogP contribution < -0.4 is 0 Å². The van der Waals surface area contributed by atoms with Gasteiger partial charge >= 0.3 is 0 Å². The molecule has 3 aromatic rings. The maximum Gasteiger partial charge on any atom is 0.147 e. The van der Waals surface area contributed by atoms with Gasteiger partial charge in [0.1, 0.15) is 12.1 Å². The highest BCUT2D eigenvalue weighted by Crippen LogP contribution is 2.25. The first-order valence-electron chi connectivity index (χ1n) is 6.89. The van der Waals surface area contributed by atoms with E-state index in [-0.39, 0.29) is 5.82 Å². The van der Waals surface area contributed by atoms with Crippen LogP contribution in [0.15, 0.2) is 36.7 Å². The van der Waals surface area contributed by atoms with Crippen molar-refractivity contribution in [3.63, 3.8) is 0 Å². The largest absolute Gasteiger partial charge is 0.389 e. The number of aliphatic hydroxyl groups is 1. The molecule has 0 fully saturated rings. The first-order valence-corrected chi connectivity index (χ1v) is 6.89. The highest BCUT2D eigenvalue weighted by Gasteiger charge is 2.12. The molecular formula is C17H17FN2O. The van der Waals surface area contributed by atoms with E-state index in [0.29, 0.717) is 11.3 Å². The normalized spacial score (nSPS) is 12.8. The van der Waals surface area contributed by atoms with E-state index < -0.39 is 6.10 Å². The standard InChI is InChI=1S/C17H17FN2O/c1-10-6-15-17(7-11(10)2)20(9-19-15)16-5-4-13(12(3)21)8-14(16)18/h4-9,12,21H,1-3H3. The lowest BCUT2D eigenvalue weighted by Gasteiger charge is -2.10. The van der Waals surface area contributed by atoms with Crippen LogP contribution in [0.5, 0.6) is 0 Å². The third kappa shape index (κ3) is 2.32. The molecule has 0 bridgehead atoms. The zero-order chi connectivity index (χ0) is 15.1. The van der Waals surface area contributed by atoms with Crippen LogP contribution in [-0.4, -0.2) is 14.7 Å². The predicted octanol–water partition coefficient (Wildman–Crippen LogP) is 3.83. The van der Waals surface area contributed by atoms with Crippen LogP contribution in [-0.2, 0) is 0 Å². The molecule has 1 aromatic heterocycles. The van der Waals surface area contributed by atoms with Crippen LogP contribution in [0.3, 0.4) is 0 Å². The summed E-state index contributed by atoms with van der Waals surface area (Å²) in [6.07, 6.45) is 0.947. The number of aryl methyl sites for hydroxylation is 2. The zero-order valence-corrected chi connectivity index (χ0v) is 12.3. The Bertz CT molecular complexity index is 821. The quantitative estimate of drug-likeness (QED) is 0.776. The van der Waals surface area contributed by atoms with Crippen molar-refractivity contribution in [2.45, 2.75) is 26.9 Å². The Morgan fingerprint density at radius 3 is 2.52 bits per heavy atom. The summed E-state index contributed by atoms with van der Waals surface area (Å²) in [7, 11) is 0. The Labute approximate surface area is 122 Å². The van der Waals surface area contributed by atoms with Crippen molar-refractivity contribution in [1.82, 2.24) is 9.55 Å². The molecule has 21 heavy (non-hydrogen) atoms. The second kappa shape index (κ2) is 4.97. The number of aromatic nitrogens is 2. The van der Waals surface area contributed by atoms with Crippen LogP contribution in [0.1, 0.15) is 29.7 Å². The lowest BCUT2D eigenvalue weighted by Crippen LogP contribution is -1.99. The average molecular weight is 284 g/mol. The van der Waals surface area contributed by atoms with Gasteiger partial charge in [0.05, 0.1) is 22.8 Å². The summed E-state index contributed by atoms with van der Waals surface area (Å²) in [5, 5.41) is 9.52. The smallest absolute Gasteiger partial charge is 0.147 e. The molecule has 2 aromatic carbocycles. The van der Waals surface area contributed by atoms with Crippen molar-refractivity contribution in [2.24, 2.45) is 0 Å². The lowest BCUT2D eigenvalue weighted by atomic mass is 10.1. The topological polar surface area (TPSA) is 38.0 Å². The van der Waals surface area contributed by atoms with Gasteiger partial charge < -0.3 is 5.11 Å². The van der Waals surface area contributed by atoms with Crippen molar-refractivity contribution >= 4 is 11.0 Å². The van der Waals surface area contributed by atoms with Crippen LogP contribution in [0.25, 0.3) is 16.7 Å². The van der Waals surface area contributed by atoms with Crippen molar-refractivity contribution in [3.8, 4) is 5.69 Å². The number of imidazole rings is 1. The van der Waals surface area contributed by atoms with Crippen molar-refractivity contribution in [2.75, 3.05) is 0 Å². The summed E-state index contributed by atoms with van der Waals surface area (Å²) in [5.41, 5.74) is 5.03.